The van der Waals surface area contributed by atoms with E-state index in [0.717, 1.165) is 48.0 Å². The molecule has 3 aliphatic rings. The van der Waals surface area contributed by atoms with E-state index in [0.29, 0.717) is 5.92 Å². The number of benzene rings is 3. The number of ether oxygens (including phenoxy) is 1. The zero-order valence-electron chi connectivity index (χ0n) is 20.2. The summed E-state index contributed by atoms with van der Waals surface area (Å²) in [4.78, 5) is 12.9. The first-order chi connectivity index (χ1) is 16.7. The molecule has 1 amide bonds. The van der Waals surface area contributed by atoms with E-state index in [9.17, 15) is 4.79 Å². The number of fused-ring (bicyclic) bond motifs is 3. The molecular formula is C30H35BrN2O2. The average molecular weight is 536 g/mol. The van der Waals surface area contributed by atoms with Gasteiger partial charge in [-0.05, 0) is 35.6 Å². The number of amides is 1. The van der Waals surface area contributed by atoms with Gasteiger partial charge in [-0.15, -0.1) is 0 Å². The highest BCUT2D eigenvalue weighted by Gasteiger charge is 2.47. The van der Waals surface area contributed by atoms with Crippen LogP contribution in [0.25, 0.3) is 0 Å². The molecule has 3 saturated heterocycles. The van der Waals surface area contributed by atoms with Crippen LogP contribution in [0.3, 0.4) is 0 Å². The first kappa shape index (κ1) is 25.5. The van der Waals surface area contributed by atoms with Gasteiger partial charge in [0.1, 0.15) is 6.54 Å². The zero-order valence-corrected chi connectivity index (χ0v) is 21.8. The molecule has 3 aliphatic heterocycles. The quantitative estimate of drug-likeness (QED) is 0.451. The maximum absolute atomic E-state index is 12.9. The van der Waals surface area contributed by atoms with Crippen molar-refractivity contribution in [1.29, 1.82) is 0 Å². The second-order valence-electron chi connectivity index (χ2n) is 10.0. The summed E-state index contributed by atoms with van der Waals surface area (Å²) in [6, 6.07) is 29.1. The van der Waals surface area contributed by atoms with E-state index < -0.39 is 0 Å². The summed E-state index contributed by atoms with van der Waals surface area (Å²) in [5.41, 5.74) is 4.58. The van der Waals surface area contributed by atoms with Crippen LogP contribution in [0.15, 0.2) is 84.9 Å². The van der Waals surface area contributed by atoms with E-state index in [1.54, 1.807) is 0 Å². The number of carbonyl (C=O) groups is 1. The maximum atomic E-state index is 12.9. The second kappa shape index (κ2) is 11.9. The van der Waals surface area contributed by atoms with Crippen LogP contribution in [-0.2, 0) is 17.6 Å². The number of quaternary nitrogens is 1. The Morgan fingerprint density at radius 1 is 0.857 bits per heavy atom. The summed E-state index contributed by atoms with van der Waals surface area (Å²) in [5.74, 6) is 0.499. The molecule has 2 bridgehead atoms. The third-order valence-corrected chi connectivity index (χ3v) is 7.73. The molecule has 0 saturated carbocycles. The van der Waals surface area contributed by atoms with Gasteiger partial charge < -0.3 is 26.2 Å². The summed E-state index contributed by atoms with van der Waals surface area (Å²) in [5, 5.41) is 3.05. The lowest BCUT2D eigenvalue weighted by Gasteiger charge is -2.52. The fraction of sp³-hybridized carbons (Fsp3) is 0.367. The fourth-order valence-corrected chi connectivity index (χ4v) is 5.82. The van der Waals surface area contributed by atoms with Crippen LogP contribution in [0.4, 0.5) is 10.5 Å². The number of para-hydroxylation sites is 1. The van der Waals surface area contributed by atoms with Crippen molar-refractivity contribution < 1.29 is 31.0 Å². The van der Waals surface area contributed by atoms with Gasteiger partial charge in [0.2, 0.25) is 0 Å². The van der Waals surface area contributed by atoms with Gasteiger partial charge in [-0.3, -0.25) is 5.32 Å². The molecule has 3 fully saturated rings. The maximum Gasteiger partial charge on any atom is 0.412 e. The van der Waals surface area contributed by atoms with Crippen molar-refractivity contribution in [2.75, 3.05) is 31.5 Å². The Hall–Kier alpha value is -2.63. The van der Waals surface area contributed by atoms with E-state index in [4.69, 9.17) is 4.74 Å². The predicted octanol–water partition coefficient (Wildman–Crippen LogP) is 3.07. The number of rotatable bonds is 8. The smallest absolute Gasteiger partial charge is 0.412 e. The molecular weight excluding hydrogens is 500 g/mol. The van der Waals surface area contributed by atoms with Gasteiger partial charge in [0.15, 0.2) is 6.10 Å². The molecule has 1 N–H and O–H groups in total. The number of nitrogens with one attached hydrogen (secondary N) is 1. The Bertz CT molecular complexity index is 1080. The second-order valence-corrected chi connectivity index (χ2v) is 10.0. The highest BCUT2D eigenvalue weighted by Crippen LogP contribution is 2.36. The molecule has 3 aromatic rings. The number of piperidine rings is 3. The average Bonchev–Trinajstić information content (AvgIpc) is 2.87. The number of nitrogens with zero attached hydrogens (tertiary/aromatic N) is 1. The van der Waals surface area contributed by atoms with Gasteiger partial charge in [-0.25, -0.2) is 4.79 Å². The van der Waals surface area contributed by atoms with Crippen LogP contribution in [0.5, 0.6) is 0 Å². The van der Waals surface area contributed by atoms with Gasteiger partial charge in [-0.1, -0.05) is 78.9 Å². The van der Waals surface area contributed by atoms with Crippen molar-refractivity contribution in [2.45, 2.75) is 38.2 Å². The monoisotopic (exact) mass is 534 g/mol. The molecule has 1 atom stereocenters. The molecule has 4 nitrogen and oxygen atoms in total. The summed E-state index contributed by atoms with van der Waals surface area (Å²) >= 11 is 0. The third-order valence-electron chi connectivity index (χ3n) is 7.73. The Morgan fingerprint density at radius 3 is 2.20 bits per heavy atom. The van der Waals surface area contributed by atoms with E-state index in [-0.39, 0.29) is 29.2 Å². The number of carbonyl (C=O) groups excluding carboxylic acids is 1. The SMILES string of the molecule is O=C(Nc1ccccc1Cc1ccccc1)O[C@H]1C[N+]2(CCCc3ccccc3)CCC1CC2.[Br-]. The van der Waals surface area contributed by atoms with E-state index in [1.165, 1.54) is 37.2 Å². The molecule has 6 rings (SSSR count). The van der Waals surface area contributed by atoms with Crippen LogP contribution in [0.2, 0.25) is 0 Å². The zero-order chi connectivity index (χ0) is 23.2. The van der Waals surface area contributed by atoms with Crippen LogP contribution >= 0.6 is 0 Å². The Kier molecular flexibility index (Phi) is 8.64. The van der Waals surface area contributed by atoms with Crippen molar-refractivity contribution in [3.05, 3.63) is 102 Å². The standard InChI is InChI=1S/C30H34N2O2.BrH/c33-30(31-28-16-8-7-15-27(28)22-25-12-5-2-6-13-25)34-29-23-32(20-17-26(29)18-21-32)19-9-14-24-10-3-1-4-11-24;/h1-8,10-13,15-16,26,29H,9,14,17-23H2;1H/t26?,29-,32?;/m0./s1. The van der Waals surface area contributed by atoms with Crippen LogP contribution in [-0.4, -0.2) is 42.9 Å². The van der Waals surface area contributed by atoms with Crippen LogP contribution in [0.1, 0.15) is 36.0 Å². The van der Waals surface area contributed by atoms with Crippen LogP contribution in [0, 0.1) is 5.92 Å². The molecule has 0 spiro atoms. The minimum absolute atomic E-state index is 0. The molecule has 5 heteroatoms. The summed E-state index contributed by atoms with van der Waals surface area (Å²) < 4.78 is 7.16. The van der Waals surface area contributed by atoms with Crippen molar-refractivity contribution in [2.24, 2.45) is 5.92 Å². The normalized spacial score (nSPS) is 22.7. The molecule has 0 unspecified atom stereocenters. The molecule has 3 aromatic carbocycles. The lowest BCUT2D eigenvalue weighted by Crippen LogP contribution is -3.00. The highest BCUT2D eigenvalue weighted by molar-refractivity contribution is 5.85. The first-order valence-electron chi connectivity index (χ1n) is 12.7. The van der Waals surface area contributed by atoms with Gasteiger partial charge in [0.25, 0.3) is 0 Å². The minimum Gasteiger partial charge on any atom is -1.00 e. The lowest BCUT2D eigenvalue weighted by molar-refractivity contribution is -0.946. The van der Waals surface area contributed by atoms with E-state index >= 15 is 0 Å². The molecule has 3 heterocycles. The van der Waals surface area contributed by atoms with Crippen LogP contribution < -0.4 is 22.3 Å². The topological polar surface area (TPSA) is 38.3 Å². The van der Waals surface area contributed by atoms with Gasteiger partial charge in [-0.2, -0.15) is 0 Å². The van der Waals surface area contributed by atoms with Crippen molar-refractivity contribution >= 4 is 11.8 Å². The third kappa shape index (κ3) is 6.53. The number of hydrogen-bond acceptors (Lipinski definition) is 2. The van der Waals surface area contributed by atoms with Crippen molar-refractivity contribution in [3.8, 4) is 0 Å². The van der Waals surface area contributed by atoms with Crippen molar-refractivity contribution in [3.63, 3.8) is 0 Å². The number of halogens is 1. The highest BCUT2D eigenvalue weighted by atomic mass is 79.9. The van der Waals surface area contributed by atoms with Gasteiger partial charge >= 0.3 is 6.09 Å². The lowest BCUT2D eigenvalue weighted by atomic mass is 9.83. The molecule has 0 aliphatic carbocycles. The van der Waals surface area contributed by atoms with Gasteiger partial charge in [0, 0.05) is 30.9 Å². The summed E-state index contributed by atoms with van der Waals surface area (Å²) in [6.07, 6.45) is 5.10. The number of hydrogen-bond donors (Lipinski definition) is 1. The Balaban J connectivity index is 0.00000289. The first-order valence-corrected chi connectivity index (χ1v) is 12.7. The minimum atomic E-state index is -0.318. The largest absolute Gasteiger partial charge is 1.00 e. The van der Waals surface area contributed by atoms with Gasteiger partial charge in [0.05, 0.1) is 19.6 Å². The fourth-order valence-electron chi connectivity index (χ4n) is 5.82. The Labute approximate surface area is 219 Å². The van der Waals surface area contributed by atoms with E-state index in [2.05, 4.69) is 53.8 Å². The van der Waals surface area contributed by atoms with E-state index in [1.807, 2.05) is 36.4 Å². The number of aryl methyl sites for hydroxylation is 1. The molecule has 0 radical (unpaired) electrons. The van der Waals surface area contributed by atoms with Crippen molar-refractivity contribution in [1.82, 2.24) is 0 Å². The predicted molar refractivity (Wildman–Crippen MR) is 137 cm³/mol. The number of anilines is 1. The summed E-state index contributed by atoms with van der Waals surface area (Å²) in [7, 11) is 0. The summed E-state index contributed by atoms with van der Waals surface area (Å²) in [6.45, 7) is 4.57. The molecule has 184 valence electrons. The Morgan fingerprint density at radius 2 is 1.49 bits per heavy atom. The molecule has 0 aromatic heterocycles. The molecule has 35 heavy (non-hydrogen) atoms.